The smallest absolute Gasteiger partial charge is 0.106 e. The molecule has 0 amide bonds. The number of hydrogen-bond acceptors (Lipinski definition) is 3. The number of ether oxygens (including phenoxy) is 2. The largest absolute Gasteiger partial charge is 0.378 e. The predicted molar refractivity (Wildman–Crippen MR) is 62.1 cm³/mol. The predicted octanol–water partition coefficient (Wildman–Crippen LogP) is 1.82. The summed E-state index contributed by atoms with van der Waals surface area (Å²) in [6, 6.07) is 0. The van der Waals surface area contributed by atoms with Gasteiger partial charge in [0, 0.05) is 26.7 Å². The molecule has 0 radical (unpaired) electrons. The summed E-state index contributed by atoms with van der Waals surface area (Å²) in [6.07, 6.45) is 3.51. The Morgan fingerprint density at radius 3 is 2.60 bits per heavy atom. The van der Waals surface area contributed by atoms with Crippen LogP contribution in [-0.4, -0.2) is 39.0 Å². The van der Waals surface area contributed by atoms with Crippen molar-refractivity contribution >= 4 is 0 Å². The fourth-order valence-electron chi connectivity index (χ4n) is 2.04. The fraction of sp³-hybridized carbons (Fsp3) is 1.00. The van der Waals surface area contributed by atoms with Crippen LogP contribution in [0.4, 0.5) is 0 Å². The lowest BCUT2D eigenvalue weighted by atomic mass is 10.0. The minimum Gasteiger partial charge on any atom is -0.378 e. The molecule has 1 saturated heterocycles. The molecule has 0 bridgehead atoms. The van der Waals surface area contributed by atoms with Crippen LogP contribution in [0.15, 0.2) is 0 Å². The van der Waals surface area contributed by atoms with Crippen molar-refractivity contribution in [2.45, 2.75) is 38.7 Å². The zero-order chi connectivity index (χ0) is 11.1. The second kappa shape index (κ2) is 6.46. The van der Waals surface area contributed by atoms with Gasteiger partial charge in [0.2, 0.25) is 0 Å². The van der Waals surface area contributed by atoms with Crippen molar-refractivity contribution in [1.29, 1.82) is 0 Å². The normalized spacial score (nSPS) is 26.4. The van der Waals surface area contributed by atoms with Crippen molar-refractivity contribution in [1.82, 2.24) is 5.32 Å². The third-order valence-electron chi connectivity index (χ3n) is 3.54. The van der Waals surface area contributed by atoms with E-state index >= 15 is 0 Å². The Morgan fingerprint density at radius 2 is 2.13 bits per heavy atom. The topological polar surface area (TPSA) is 30.5 Å². The lowest BCUT2D eigenvalue weighted by Gasteiger charge is -2.27. The van der Waals surface area contributed by atoms with Crippen molar-refractivity contribution in [2.24, 2.45) is 5.92 Å². The summed E-state index contributed by atoms with van der Waals surface area (Å²) in [5.74, 6) is 0.793. The van der Waals surface area contributed by atoms with E-state index in [1.807, 2.05) is 0 Å². The molecule has 0 aromatic carbocycles. The van der Waals surface area contributed by atoms with Gasteiger partial charge in [0.15, 0.2) is 0 Å². The van der Waals surface area contributed by atoms with Crippen LogP contribution >= 0.6 is 0 Å². The van der Waals surface area contributed by atoms with E-state index in [0.717, 1.165) is 38.6 Å². The molecule has 1 atom stereocenters. The van der Waals surface area contributed by atoms with Gasteiger partial charge in [0.05, 0.1) is 6.61 Å². The minimum absolute atomic E-state index is 0.0635. The maximum absolute atomic E-state index is 5.56. The van der Waals surface area contributed by atoms with Crippen molar-refractivity contribution < 1.29 is 9.47 Å². The van der Waals surface area contributed by atoms with E-state index in [1.165, 1.54) is 12.8 Å². The van der Waals surface area contributed by atoms with E-state index in [0.29, 0.717) is 0 Å². The van der Waals surface area contributed by atoms with Crippen molar-refractivity contribution in [2.75, 3.05) is 33.4 Å². The lowest BCUT2D eigenvalue weighted by Crippen LogP contribution is -2.44. The molecule has 0 aromatic heterocycles. The van der Waals surface area contributed by atoms with E-state index in [9.17, 15) is 0 Å². The molecule has 0 aromatic rings. The first-order chi connectivity index (χ1) is 7.26. The molecule has 15 heavy (non-hydrogen) atoms. The highest BCUT2D eigenvalue weighted by Crippen LogP contribution is 2.21. The lowest BCUT2D eigenvalue weighted by molar-refractivity contribution is -0.0162. The molecule has 1 aliphatic rings. The third kappa shape index (κ3) is 3.74. The molecule has 3 heteroatoms. The summed E-state index contributed by atoms with van der Waals surface area (Å²) in [5.41, 5.74) is -0.0635. The average Bonchev–Trinajstić information content (AvgIpc) is 2.74. The Kier molecular flexibility index (Phi) is 5.58. The van der Waals surface area contributed by atoms with Crippen LogP contribution in [0, 0.1) is 5.92 Å². The van der Waals surface area contributed by atoms with Crippen molar-refractivity contribution in [3.05, 3.63) is 0 Å². The van der Waals surface area contributed by atoms with E-state index in [-0.39, 0.29) is 5.60 Å². The van der Waals surface area contributed by atoms with Gasteiger partial charge in [0.1, 0.15) is 5.60 Å². The summed E-state index contributed by atoms with van der Waals surface area (Å²) in [4.78, 5) is 0. The molecule has 1 unspecified atom stereocenters. The molecule has 0 saturated carbocycles. The minimum atomic E-state index is -0.0635. The van der Waals surface area contributed by atoms with Crippen LogP contribution in [0.3, 0.4) is 0 Å². The van der Waals surface area contributed by atoms with Gasteiger partial charge < -0.3 is 14.8 Å². The maximum atomic E-state index is 5.56. The van der Waals surface area contributed by atoms with E-state index in [2.05, 4.69) is 19.2 Å². The quantitative estimate of drug-likeness (QED) is 0.702. The number of nitrogens with one attached hydrogen (secondary N) is 1. The second-order valence-corrected chi connectivity index (χ2v) is 4.50. The molecule has 0 aliphatic carbocycles. The summed E-state index contributed by atoms with van der Waals surface area (Å²) in [6.45, 7) is 8.08. The van der Waals surface area contributed by atoms with Crippen LogP contribution in [0.1, 0.15) is 33.1 Å². The van der Waals surface area contributed by atoms with Crippen molar-refractivity contribution in [3.8, 4) is 0 Å². The van der Waals surface area contributed by atoms with Gasteiger partial charge in [0.25, 0.3) is 0 Å². The SMILES string of the molecule is CCC(CC)CNCC1(OC)CCOC1. The van der Waals surface area contributed by atoms with Crippen LogP contribution in [0.25, 0.3) is 0 Å². The van der Waals surface area contributed by atoms with Crippen LogP contribution in [-0.2, 0) is 9.47 Å². The Labute approximate surface area is 93.5 Å². The van der Waals surface area contributed by atoms with Crippen LogP contribution in [0.5, 0.6) is 0 Å². The molecule has 1 rings (SSSR count). The Morgan fingerprint density at radius 1 is 1.40 bits per heavy atom. The summed E-state index contributed by atoms with van der Waals surface area (Å²) in [5, 5.41) is 3.52. The Balaban J connectivity index is 2.22. The number of methoxy groups -OCH3 is 1. The van der Waals surface area contributed by atoms with Crippen LogP contribution < -0.4 is 5.32 Å². The van der Waals surface area contributed by atoms with Gasteiger partial charge in [-0.3, -0.25) is 0 Å². The highest BCUT2D eigenvalue weighted by Gasteiger charge is 2.34. The molecule has 0 spiro atoms. The fourth-order valence-corrected chi connectivity index (χ4v) is 2.04. The zero-order valence-electron chi connectivity index (χ0n) is 10.3. The Hall–Kier alpha value is -0.120. The molecule has 1 N–H and O–H groups in total. The van der Waals surface area contributed by atoms with Gasteiger partial charge >= 0.3 is 0 Å². The summed E-state index contributed by atoms with van der Waals surface area (Å²) >= 11 is 0. The third-order valence-corrected chi connectivity index (χ3v) is 3.54. The van der Waals surface area contributed by atoms with Crippen molar-refractivity contribution in [3.63, 3.8) is 0 Å². The first-order valence-electron chi connectivity index (χ1n) is 6.10. The maximum Gasteiger partial charge on any atom is 0.106 e. The van der Waals surface area contributed by atoms with Gasteiger partial charge in [-0.2, -0.15) is 0 Å². The molecule has 90 valence electrons. The standard InChI is InChI=1S/C12H25NO2/c1-4-11(5-2)8-13-9-12(14-3)6-7-15-10-12/h11,13H,4-10H2,1-3H3. The highest BCUT2D eigenvalue weighted by atomic mass is 16.5. The molecular formula is C12H25NO2. The number of rotatable bonds is 7. The first-order valence-corrected chi connectivity index (χ1v) is 6.10. The number of hydrogen-bond donors (Lipinski definition) is 1. The molecule has 1 heterocycles. The van der Waals surface area contributed by atoms with E-state index in [1.54, 1.807) is 7.11 Å². The average molecular weight is 215 g/mol. The Bertz CT molecular complexity index is 163. The summed E-state index contributed by atoms with van der Waals surface area (Å²) < 4.78 is 11.0. The van der Waals surface area contributed by atoms with E-state index < -0.39 is 0 Å². The molecule has 1 fully saturated rings. The molecule has 1 aliphatic heterocycles. The van der Waals surface area contributed by atoms with Gasteiger partial charge in [-0.05, 0) is 12.5 Å². The molecule has 3 nitrogen and oxygen atoms in total. The first kappa shape index (κ1) is 12.9. The monoisotopic (exact) mass is 215 g/mol. The molecular weight excluding hydrogens is 190 g/mol. The van der Waals surface area contributed by atoms with Gasteiger partial charge in [-0.15, -0.1) is 0 Å². The van der Waals surface area contributed by atoms with E-state index in [4.69, 9.17) is 9.47 Å². The highest BCUT2D eigenvalue weighted by molar-refractivity contribution is 4.87. The summed E-state index contributed by atoms with van der Waals surface area (Å²) in [7, 11) is 1.79. The van der Waals surface area contributed by atoms with Gasteiger partial charge in [-0.1, -0.05) is 26.7 Å². The van der Waals surface area contributed by atoms with Crippen LogP contribution in [0.2, 0.25) is 0 Å². The zero-order valence-corrected chi connectivity index (χ0v) is 10.3. The second-order valence-electron chi connectivity index (χ2n) is 4.50. The van der Waals surface area contributed by atoms with Gasteiger partial charge in [-0.25, -0.2) is 0 Å².